The van der Waals surface area contributed by atoms with Gasteiger partial charge in [-0.15, -0.1) is 11.3 Å². The van der Waals surface area contributed by atoms with Crippen LogP contribution in [0.5, 0.6) is 0 Å². The third-order valence-electron chi connectivity index (χ3n) is 2.20. The van der Waals surface area contributed by atoms with E-state index in [0.717, 1.165) is 9.35 Å². The quantitative estimate of drug-likeness (QED) is 0.672. The second-order valence-electron chi connectivity index (χ2n) is 3.54. The minimum atomic E-state index is -0.415. The lowest BCUT2D eigenvalue weighted by Gasteiger charge is -2.04. The summed E-state index contributed by atoms with van der Waals surface area (Å²) < 4.78 is 6.15. The fourth-order valence-corrected chi connectivity index (χ4v) is 2.85. The molecule has 6 heteroatoms. The number of rotatable bonds is 3. The number of anilines is 1. The SMILES string of the molecule is Nc1ccc(C(=O)OCc2cc(Br)cs2)cc1Cl. The molecule has 94 valence electrons. The highest BCUT2D eigenvalue weighted by atomic mass is 79.9. The standard InChI is InChI=1S/C12H9BrClNO2S/c13-8-4-9(18-6-8)5-17-12(16)7-1-2-11(15)10(14)3-7/h1-4,6H,5,15H2. The van der Waals surface area contributed by atoms with Gasteiger partial charge in [0.15, 0.2) is 0 Å². The van der Waals surface area contributed by atoms with Crippen LogP contribution in [0.1, 0.15) is 15.2 Å². The van der Waals surface area contributed by atoms with E-state index in [-0.39, 0.29) is 6.61 Å². The number of carbonyl (C=O) groups excluding carboxylic acids is 1. The van der Waals surface area contributed by atoms with Crippen LogP contribution in [0.4, 0.5) is 5.69 Å². The van der Waals surface area contributed by atoms with E-state index < -0.39 is 5.97 Å². The Bertz CT molecular complexity index is 585. The molecule has 1 heterocycles. The van der Waals surface area contributed by atoms with Crippen LogP contribution in [0, 0.1) is 0 Å². The first kappa shape index (κ1) is 13.4. The number of nitrogens with two attached hydrogens (primary N) is 1. The molecule has 2 rings (SSSR count). The van der Waals surface area contributed by atoms with Gasteiger partial charge in [-0.3, -0.25) is 0 Å². The molecule has 3 nitrogen and oxygen atoms in total. The van der Waals surface area contributed by atoms with Crippen LogP contribution >= 0.6 is 38.9 Å². The Hall–Kier alpha value is -1.04. The number of hydrogen-bond acceptors (Lipinski definition) is 4. The number of hydrogen-bond donors (Lipinski definition) is 1. The van der Waals surface area contributed by atoms with Crippen molar-refractivity contribution in [1.82, 2.24) is 0 Å². The summed E-state index contributed by atoms with van der Waals surface area (Å²) in [5.41, 5.74) is 6.40. The molecule has 1 aromatic carbocycles. The predicted molar refractivity (Wildman–Crippen MR) is 77.0 cm³/mol. The maximum atomic E-state index is 11.8. The normalized spacial score (nSPS) is 10.3. The minimum absolute atomic E-state index is 0.247. The van der Waals surface area contributed by atoms with Gasteiger partial charge in [0.2, 0.25) is 0 Å². The molecule has 0 atom stereocenters. The molecule has 0 radical (unpaired) electrons. The van der Waals surface area contributed by atoms with Gasteiger partial charge in [0.25, 0.3) is 0 Å². The maximum absolute atomic E-state index is 11.8. The number of ether oxygens (including phenoxy) is 1. The van der Waals surface area contributed by atoms with Crippen molar-refractivity contribution in [1.29, 1.82) is 0 Å². The topological polar surface area (TPSA) is 52.3 Å². The van der Waals surface area contributed by atoms with Gasteiger partial charge in [-0.1, -0.05) is 11.6 Å². The number of carbonyl (C=O) groups is 1. The van der Waals surface area contributed by atoms with Crippen molar-refractivity contribution in [2.24, 2.45) is 0 Å². The number of esters is 1. The zero-order valence-corrected chi connectivity index (χ0v) is 12.3. The van der Waals surface area contributed by atoms with E-state index in [1.54, 1.807) is 12.1 Å². The van der Waals surface area contributed by atoms with Gasteiger partial charge in [-0.25, -0.2) is 4.79 Å². The number of nitrogen functional groups attached to an aromatic ring is 1. The fraction of sp³-hybridized carbons (Fsp3) is 0.0833. The Morgan fingerprint density at radius 2 is 2.22 bits per heavy atom. The van der Waals surface area contributed by atoms with Crippen molar-refractivity contribution < 1.29 is 9.53 Å². The van der Waals surface area contributed by atoms with Gasteiger partial charge in [0, 0.05) is 14.7 Å². The molecule has 0 spiro atoms. The molecule has 2 aromatic rings. The summed E-state index contributed by atoms with van der Waals surface area (Å²) in [4.78, 5) is 12.7. The van der Waals surface area contributed by atoms with Crippen molar-refractivity contribution >= 4 is 50.5 Å². The van der Waals surface area contributed by atoms with Gasteiger partial charge in [-0.2, -0.15) is 0 Å². The molecule has 1 aromatic heterocycles. The van der Waals surface area contributed by atoms with Gasteiger partial charge < -0.3 is 10.5 Å². The molecule has 0 unspecified atom stereocenters. The Morgan fingerprint density at radius 1 is 1.44 bits per heavy atom. The number of thiophene rings is 1. The van der Waals surface area contributed by atoms with E-state index in [2.05, 4.69) is 15.9 Å². The van der Waals surface area contributed by atoms with Crippen LogP contribution in [-0.4, -0.2) is 5.97 Å². The first-order valence-corrected chi connectivity index (χ1v) is 7.06. The smallest absolute Gasteiger partial charge is 0.338 e. The van der Waals surface area contributed by atoms with Crippen LogP contribution in [-0.2, 0) is 11.3 Å². The highest BCUT2D eigenvalue weighted by Crippen LogP contribution is 2.22. The Morgan fingerprint density at radius 3 is 2.83 bits per heavy atom. The van der Waals surface area contributed by atoms with Crippen molar-refractivity contribution in [3.63, 3.8) is 0 Å². The first-order chi connectivity index (χ1) is 8.56. The first-order valence-electron chi connectivity index (χ1n) is 5.01. The summed E-state index contributed by atoms with van der Waals surface area (Å²) in [7, 11) is 0. The van der Waals surface area contributed by atoms with Crippen LogP contribution in [0.25, 0.3) is 0 Å². The van der Waals surface area contributed by atoms with E-state index in [0.29, 0.717) is 16.3 Å². The summed E-state index contributed by atoms with van der Waals surface area (Å²) in [6.07, 6.45) is 0. The molecule has 2 N–H and O–H groups in total. The highest BCUT2D eigenvalue weighted by Gasteiger charge is 2.10. The molecule has 0 bridgehead atoms. The van der Waals surface area contributed by atoms with Gasteiger partial charge in [-0.05, 0) is 40.2 Å². The monoisotopic (exact) mass is 345 g/mol. The van der Waals surface area contributed by atoms with Crippen molar-refractivity contribution in [2.45, 2.75) is 6.61 Å². The second-order valence-corrected chi connectivity index (χ2v) is 5.86. The van der Waals surface area contributed by atoms with E-state index in [1.807, 2.05) is 11.4 Å². The van der Waals surface area contributed by atoms with Crippen LogP contribution in [0.3, 0.4) is 0 Å². The van der Waals surface area contributed by atoms with Crippen molar-refractivity contribution in [2.75, 3.05) is 5.73 Å². The predicted octanol–water partition coefficient (Wildman–Crippen LogP) is 4.10. The van der Waals surface area contributed by atoms with Crippen LogP contribution in [0.2, 0.25) is 5.02 Å². The molecule has 0 saturated heterocycles. The zero-order valence-electron chi connectivity index (χ0n) is 9.15. The lowest BCUT2D eigenvalue weighted by Crippen LogP contribution is -2.05. The molecular weight excluding hydrogens is 338 g/mol. The lowest BCUT2D eigenvalue weighted by atomic mass is 10.2. The third kappa shape index (κ3) is 3.25. The van der Waals surface area contributed by atoms with E-state index in [9.17, 15) is 4.79 Å². The Kier molecular flexibility index (Phi) is 4.27. The number of halogens is 2. The van der Waals surface area contributed by atoms with E-state index >= 15 is 0 Å². The average molecular weight is 347 g/mol. The van der Waals surface area contributed by atoms with Gasteiger partial charge in [0.1, 0.15) is 6.61 Å². The Labute approximate surface area is 122 Å². The van der Waals surface area contributed by atoms with Crippen molar-refractivity contribution in [3.05, 3.63) is 49.6 Å². The average Bonchev–Trinajstić information content (AvgIpc) is 2.75. The summed E-state index contributed by atoms with van der Waals surface area (Å²) in [6, 6.07) is 6.59. The molecule has 0 amide bonds. The molecule has 18 heavy (non-hydrogen) atoms. The maximum Gasteiger partial charge on any atom is 0.338 e. The zero-order chi connectivity index (χ0) is 13.1. The molecule has 0 aliphatic carbocycles. The Balaban J connectivity index is 2.01. The van der Waals surface area contributed by atoms with Gasteiger partial charge in [0.05, 0.1) is 16.3 Å². The van der Waals surface area contributed by atoms with E-state index in [4.69, 9.17) is 22.1 Å². The van der Waals surface area contributed by atoms with Gasteiger partial charge >= 0.3 is 5.97 Å². The number of benzene rings is 1. The largest absolute Gasteiger partial charge is 0.456 e. The second kappa shape index (κ2) is 5.73. The minimum Gasteiger partial charge on any atom is -0.456 e. The summed E-state index contributed by atoms with van der Waals surface area (Å²) in [5.74, 6) is -0.415. The summed E-state index contributed by atoms with van der Waals surface area (Å²) >= 11 is 10.7. The molecule has 0 saturated carbocycles. The molecule has 0 aliphatic rings. The van der Waals surface area contributed by atoms with Crippen molar-refractivity contribution in [3.8, 4) is 0 Å². The molecular formula is C12H9BrClNO2S. The molecule has 0 fully saturated rings. The van der Waals surface area contributed by atoms with Crippen LogP contribution < -0.4 is 5.73 Å². The summed E-state index contributed by atoms with van der Waals surface area (Å²) in [6.45, 7) is 0.247. The molecule has 0 aliphatic heterocycles. The summed E-state index contributed by atoms with van der Waals surface area (Å²) in [5, 5.41) is 2.28. The van der Waals surface area contributed by atoms with Crippen LogP contribution in [0.15, 0.2) is 34.1 Å². The lowest BCUT2D eigenvalue weighted by molar-refractivity contribution is 0.0477. The van der Waals surface area contributed by atoms with E-state index in [1.165, 1.54) is 17.4 Å². The highest BCUT2D eigenvalue weighted by molar-refractivity contribution is 9.10. The third-order valence-corrected chi connectivity index (χ3v) is 4.20. The fourth-order valence-electron chi connectivity index (χ4n) is 1.30.